The van der Waals surface area contributed by atoms with Crippen molar-refractivity contribution in [2.75, 3.05) is 0 Å². The maximum absolute atomic E-state index is 11.2. The molecule has 3 saturated carbocycles. The van der Waals surface area contributed by atoms with Gasteiger partial charge in [0.1, 0.15) is 0 Å². The van der Waals surface area contributed by atoms with Crippen LogP contribution in [0.4, 0.5) is 0 Å². The summed E-state index contributed by atoms with van der Waals surface area (Å²) < 4.78 is 0. The van der Waals surface area contributed by atoms with Gasteiger partial charge in [0.15, 0.2) is 0 Å². The Hall–Kier alpha value is -0.820. The van der Waals surface area contributed by atoms with E-state index in [0.717, 1.165) is 51.4 Å². The molecule has 3 fully saturated rings. The Balaban J connectivity index is 1.74. The van der Waals surface area contributed by atoms with Crippen LogP contribution in [0.1, 0.15) is 71.1 Å². The monoisotopic (exact) mass is 314 g/mol. The van der Waals surface area contributed by atoms with E-state index in [0.29, 0.717) is 11.8 Å². The van der Waals surface area contributed by atoms with Crippen LogP contribution in [0.15, 0.2) is 29.5 Å². The first-order valence-electron chi connectivity index (χ1n) is 9.48. The highest BCUT2D eigenvalue weighted by atomic mass is 16.3. The van der Waals surface area contributed by atoms with Gasteiger partial charge in [-0.05, 0) is 87.7 Å². The first-order valence-corrected chi connectivity index (χ1v) is 9.48. The summed E-state index contributed by atoms with van der Waals surface area (Å²) in [7, 11) is 0. The van der Waals surface area contributed by atoms with Crippen LogP contribution in [0, 0.1) is 17.3 Å². The molecule has 0 aromatic heterocycles. The molecule has 0 aromatic rings. The normalized spacial score (nSPS) is 49.0. The SMILES string of the molecule is C=C=C[C@]1(O)CC[C@H]2[C@@H]3CC[C@@]4(O)CCCCC4=C3CC[C@@]21C. The fourth-order valence-corrected chi connectivity index (χ4v) is 6.56. The van der Waals surface area contributed by atoms with Crippen LogP contribution in [0.2, 0.25) is 0 Å². The van der Waals surface area contributed by atoms with Gasteiger partial charge in [0.05, 0.1) is 11.2 Å². The molecule has 0 heterocycles. The summed E-state index contributed by atoms with van der Waals surface area (Å²) in [5, 5.41) is 22.3. The lowest BCUT2D eigenvalue weighted by Crippen LogP contribution is -2.50. The van der Waals surface area contributed by atoms with E-state index in [1.807, 2.05) is 6.08 Å². The molecule has 0 aromatic carbocycles. The van der Waals surface area contributed by atoms with Gasteiger partial charge in [0.25, 0.3) is 0 Å². The molecule has 2 heteroatoms. The Morgan fingerprint density at radius 3 is 2.70 bits per heavy atom. The van der Waals surface area contributed by atoms with Gasteiger partial charge in [-0.25, -0.2) is 0 Å². The predicted molar refractivity (Wildman–Crippen MR) is 91.9 cm³/mol. The molecule has 0 amide bonds. The van der Waals surface area contributed by atoms with E-state index in [2.05, 4.69) is 19.2 Å². The lowest BCUT2D eigenvalue weighted by atomic mass is 9.53. The van der Waals surface area contributed by atoms with Gasteiger partial charge < -0.3 is 10.2 Å². The molecule has 126 valence electrons. The maximum atomic E-state index is 11.2. The lowest BCUT2D eigenvalue weighted by Gasteiger charge is -2.53. The van der Waals surface area contributed by atoms with Crippen molar-refractivity contribution < 1.29 is 10.2 Å². The van der Waals surface area contributed by atoms with Gasteiger partial charge in [-0.15, -0.1) is 5.73 Å². The summed E-state index contributed by atoms with van der Waals surface area (Å²) in [6.07, 6.45) is 12.3. The minimum absolute atomic E-state index is 0.0590. The van der Waals surface area contributed by atoms with Gasteiger partial charge >= 0.3 is 0 Å². The molecule has 23 heavy (non-hydrogen) atoms. The number of allylic oxidation sites excluding steroid dienone is 1. The number of hydrogen-bond donors (Lipinski definition) is 2. The summed E-state index contributed by atoms with van der Waals surface area (Å²) in [6, 6.07) is 0. The van der Waals surface area contributed by atoms with Crippen LogP contribution < -0.4 is 0 Å². The van der Waals surface area contributed by atoms with E-state index in [1.54, 1.807) is 5.57 Å². The van der Waals surface area contributed by atoms with Crippen LogP contribution in [0.3, 0.4) is 0 Å². The second-order valence-electron chi connectivity index (χ2n) is 8.72. The second-order valence-corrected chi connectivity index (χ2v) is 8.72. The zero-order valence-corrected chi connectivity index (χ0v) is 14.4. The van der Waals surface area contributed by atoms with Crippen molar-refractivity contribution in [3.8, 4) is 0 Å². The summed E-state index contributed by atoms with van der Waals surface area (Å²) in [4.78, 5) is 0. The van der Waals surface area contributed by atoms with Crippen molar-refractivity contribution >= 4 is 0 Å². The largest absolute Gasteiger partial charge is 0.386 e. The van der Waals surface area contributed by atoms with Crippen molar-refractivity contribution in [1.82, 2.24) is 0 Å². The second kappa shape index (κ2) is 5.09. The van der Waals surface area contributed by atoms with Gasteiger partial charge in [-0.2, -0.15) is 0 Å². The average Bonchev–Trinajstić information content (AvgIpc) is 2.79. The summed E-state index contributed by atoms with van der Waals surface area (Å²) >= 11 is 0. The van der Waals surface area contributed by atoms with Crippen LogP contribution in [-0.4, -0.2) is 21.4 Å². The van der Waals surface area contributed by atoms with Gasteiger partial charge in [-0.1, -0.05) is 19.1 Å². The molecule has 5 atom stereocenters. The molecular formula is C21H30O2. The van der Waals surface area contributed by atoms with E-state index in [4.69, 9.17) is 0 Å². The van der Waals surface area contributed by atoms with Crippen molar-refractivity contribution in [1.29, 1.82) is 0 Å². The number of rotatable bonds is 1. The van der Waals surface area contributed by atoms with Crippen LogP contribution in [0.25, 0.3) is 0 Å². The molecule has 2 nitrogen and oxygen atoms in total. The molecule has 0 unspecified atom stereocenters. The number of fused-ring (bicyclic) bond motifs is 4. The van der Waals surface area contributed by atoms with Crippen molar-refractivity contribution in [2.24, 2.45) is 17.3 Å². The Morgan fingerprint density at radius 2 is 1.91 bits per heavy atom. The summed E-state index contributed by atoms with van der Waals surface area (Å²) in [6.45, 7) is 5.98. The topological polar surface area (TPSA) is 40.5 Å². The minimum atomic E-state index is -0.740. The fraction of sp³-hybridized carbons (Fsp3) is 0.762. The van der Waals surface area contributed by atoms with Gasteiger partial charge in [-0.3, -0.25) is 0 Å². The Morgan fingerprint density at radius 1 is 1.09 bits per heavy atom. The Kier molecular flexibility index (Phi) is 3.47. The zero-order valence-electron chi connectivity index (χ0n) is 14.4. The molecule has 0 spiro atoms. The first-order chi connectivity index (χ1) is 10.9. The fourth-order valence-electron chi connectivity index (χ4n) is 6.56. The number of hydrogen-bond acceptors (Lipinski definition) is 2. The Labute approximate surface area is 140 Å². The van der Waals surface area contributed by atoms with Crippen molar-refractivity contribution in [3.63, 3.8) is 0 Å². The van der Waals surface area contributed by atoms with Crippen molar-refractivity contribution in [2.45, 2.75) is 82.3 Å². The van der Waals surface area contributed by atoms with E-state index < -0.39 is 11.2 Å². The van der Waals surface area contributed by atoms with Crippen LogP contribution >= 0.6 is 0 Å². The van der Waals surface area contributed by atoms with Crippen LogP contribution in [0.5, 0.6) is 0 Å². The Bertz CT molecular complexity index is 599. The number of aliphatic hydroxyl groups is 2. The van der Waals surface area contributed by atoms with Crippen molar-refractivity contribution in [3.05, 3.63) is 29.5 Å². The molecule has 4 aliphatic carbocycles. The molecule has 2 N–H and O–H groups in total. The predicted octanol–water partition coefficient (Wildman–Crippen LogP) is 4.28. The third kappa shape index (κ3) is 2.02. The smallest absolute Gasteiger partial charge is 0.0957 e. The third-order valence-corrected chi connectivity index (χ3v) is 7.92. The standard InChI is InChI=1S/C21H30O2/c1-3-10-21(23)14-9-17-15-8-13-20(22)11-5-4-6-18(20)16(15)7-12-19(17,21)2/h10,15,17,22-23H,1,4-9,11-14H2,2H3/t15-,17+,19+,20+,21+/m1/s1. The molecule has 0 saturated heterocycles. The van der Waals surface area contributed by atoms with E-state index in [1.165, 1.54) is 18.4 Å². The van der Waals surface area contributed by atoms with Gasteiger partial charge in [0.2, 0.25) is 0 Å². The quantitative estimate of drug-likeness (QED) is 0.560. The molecule has 4 rings (SSSR count). The van der Waals surface area contributed by atoms with Crippen LogP contribution in [-0.2, 0) is 0 Å². The van der Waals surface area contributed by atoms with E-state index in [-0.39, 0.29) is 5.41 Å². The van der Waals surface area contributed by atoms with Gasteiger partial charge in [0, 0.05) is 5.41 Å². The highest BCUT2D eigenvalue weighted by molar-refractivity contribution is 5.35. The highest BCUT2D eigenvalue weighted by Gasteiger charge is 2.60. The van der Waals surface area contributed by atoms with E-state index >= 15 is 0 Å². The molecular weight excluding hydrogens is 284 g/mol. The molecule has 0 aliphatic heterocycles. The average molecular weight is 314 g/mol. The zero-order chi connectivity index (χ0) is 16.3. The molecule has 4 aliphatic rings. The first kappa shape index (κ1) is 15.7. The summed E-state index contributed by atoms with van der Waals surface area (Å²) in [5.41, 5.74) is 4.54. The maximum Gasteiger partial charge on any atom is 0.0957 e. The highest BCUT2D eigenvalue weighted by Crippen LogP contribution is 2.64. The minimum Gasteiger partial charge on any atom is -0.386 e. The van der Waals surface area contributed by atoms with E-state index in [9.17, 15) is 10.2 Å². The molecule has 0 bridgehead atoms. The summed E-state index contributed by atoms with van der Waals surface area (Å²) in [5.74, 6) is 1.12. The molecule has 0 radical (unpaired) electrons. The lowest BCUT2D eigenvalue weighted by molar-refractivity contribution is -0.0619. The third-order valence-electron chi connectivity index (χ3n) is 7.92.